The number of carbonyl (C=O) groups excluding carboxylic acids is 1. The van der Waals surface area contributed by atoms with Crippen LogP contribution in [-0.2, 0) is 4.79 Å². The fourth-order valence-corrected chi connectivity index (χ4v) is 2.94. The van der Waals surface area contributed by atoms with Gasteiger partial charge in [-0.2, -0.15) is 0 Å². The second kappa shape index (κ2) is 4.86. The average molecular weight is 274 g/mol. The molecule has 3 heteroatoms. The van der Waals surface area contributed by atoms with E-state index in [0.29, 0.717) is 22.6 Å². The van der Waals surface area contributed by atoms with Crippen molar-refractivity contribution in [3.63, 3.8) is 0 Å². The Kier molecular flexibility index (Phi) is 3.70. The summed E-state index contributed by atoms with van der Waals surface area (Å²) in [5, 5.41) is 0. The molecule has 0 radical (unpaired) electrons. The summed E-state index contributed by atoms with van der Waals surface area (Å²) in [6.45, 7) is 4.13. The highest BCUT2D eigenvalue weighted by atomic mass is 79.9. The second-order valence-electron chi connectivity index (χ2n) is 5.12. The van der Waals surface area contributed by atoms with Crippen LogP contribution >= 0.6 is 15.9 Å². The van der Waals surface area contributed by atoms with Crippen molar-refractivity contribution in [2.45, 2.75) is 43.9 Å². The molecular weight excluding hydrogens is 254 g/mol. The molecule has 1 amide bonds. The molecule has 0 aromatic carbocycles. The molecule has 0 bridgehead atoms. The molecule has 1 saturated carbocycles. The third kappa shape index (κ3) is 2.74. The first-order valence-corrected chi connectivity index (χ1v) is 7.00. The lowest BCUT2D eigenvalue weighted by atomic mass is 9.82. The van der Waals surface area contributed by atoms with Gasteiger partial charge in [0.15, 0.2) is 0 Å². The summed E-state index contributed by atoms with van der Waals surface area (Å²) >= 11 is 3.67. The average Bonchev–Trinajstić information content (AvgIpc) is 2.15. The standard InChI is InChI=1S/C12H20BrNO/c1-9-5-6-14(8-11(9)13)12(15)7-10-3-2-4-10/h9-11H,2-8H2,1H3. The van der Waals surface area contributed by atoms with Gasteiger partial charge in [-0.05, 0) is 31.1 Å². The highest BCUT2D eigenvalue weighted by Gasteiger charge is 2.29. The monoisotopic (exact) mass is 273 g/mol. The lowest BCUT2D eigenvalue weighted by Crippen LogP contribution is -2.44. The number of nitrogens with zero attached hydrogens (tertiary/aromatic N) is 1. The van der Waals surface area contributed by atoms with Crippen LogP contribution in [0.3, 0.4) is 0 Å². The van der Waals surface area contributed by atoms with Crippen molar-refractivity contribution < 1.29 is 4.79 Å². The molecule has 2 nitrogen and oxygen atoms in total. The zero-order chi connectivity index (χ0) is 10.8. The Morgan fingerprint density at radius 2 is 2.13 bits per heavy atom. The molecule has 1 heterocycles. The van der Waals surface area contributed by atoms with E-state index in [1.807, 2.05) is 0 Å². The summed E-state index contributed by atoms with van der Waals surface area (Å²) in [6.07, 6.45) is 5.82. The van der Waals surface area contributed by atoms with Gasteiger partial charge in [-0.3, -0.25) is 4.79 Å². The Hall–Kier alpha value is -0.0500. The third-order valence-corrected chi connectivity index (χ3v) is 5.10. The molecule has 2 atom stereocenters. The maximum atomic E-state index is 12.0. The molecule has 0 spiro atoms. The predicted octanol–water partition coefficient (Wildman–Crippen LogP) is 2.81. The number of piperidine rings is 1. The molecule has 1 saturated heterocycles. The lowest BCUT2D eigenvalue weighted by Gasteiger charge is -2.36. The van der Waals surface area contributed by atoms with Crippen molar-refractivity contribution >= 4 is 21.8 Å². The highest BCUT2D eigenvalue weighted by Crippen LogP contribution is 2.31. The van der Waals surface area contributed by atoms with Gasteiger partial charge in [-0.15, -0.1) is 0 Å². The normalized spacial score (nSPS) is 32.5. The number of alkyl halides is 1. The Labute approximate surface area is 101 Å². The summed E-state index contributed by atoms with van der Waals surface area (Å²) in [7, 11) is 0. The van der Waals surface area contributed by atoms with Crippen LogP contribution in [0.4, 0.5) is 0 Å². The van der Waals surface area contributed by atoms with Gasteiger partial charge in [0.05, 0.1) is 0 Å². The number of rotatable bonds is 2. The Morgan fingerprint density at radius 1 is 1.40 bits per heavy atom. The van der Waals surface area contributed by atoms with E-state index in [4.69, 9.17) is 0 Å². The molecular formula is C12H20BrNO. The second-order valence-corrected chi connectivity index (χ2v) is 6.30. The third-order valence-electron chi connectivity index (χ3n) is 3.91. The molecule has 2 aliphatic rings. The first-order valence-electron chi connectivity index (χ1n) is 6.08. The molecule has 2 fully saturated rings. The molecule has 2 unspecified atom stereocenters. The van der Waals surface area contributed by atoms with Gasteiger partial charge < -0.3 is 4.90 Å². The molecule has 15 heavy (non-hydrogen) atoms. The van der Waals surface area contributed by atoms with Crippen LogP contribution in [0.15, 0.2) is 0 Å². The van der Waals surface area contributed by atoms with Crippen molar-refractivity contribution in [3.05, 3.63) is 0 Å². The molecule has 1 aliphatic carbocycles. The summed E-state index contributed by atoms with van der Waals surface area (Å²) in [4.78, 5) is 14.5. The van der Waals surface area contributed by atoms with Crippen LogP contribution in [0.25, 0.3) is 0 Å². The molecule has 1 aliphatic heterocycles. The number of halogens is 1. The van der Waals surface area contributed by atoms with E-state index in [-0.39, 0.29) is 0 Å². The summed E-state index contributed by atoms with van der Waals surface area (Å²) in [5.41, 5.74) is 0. The van der Waals surface area contributed by atoms with E-state index < -0.39 is 0 Å². The summed E-state index contributed by atoms with van der Waals surface area (Å²) in [6, 6.07) is 0. The summed E-state index contributed by atoms with van der Waals surface area (Å²) < 4.78 is 0. The SMILES string of the molecule is CC1CCN(C(=O)CC2CCC2)CC1Br. The first kappa shape index (κ1) is 11.4. The van der Waals surface area contributed by atoms with E-state index in [2.05, 4.69) is 27.8 Å². The quantitative estimate of drug-likeness (QED) is 0.709. The number of carbonyl (C=O) groups is 1. The fourth-order valence-electron chi connectivity index (χ4n) is 2.32. The van der Waals surface area contributed by atoms with E-state index in [0.717, 1.165) is 25.9 Å². The minimum atomic E-state index is 0.385. The maximum absolute atomic E-state index is 12.0. The van der Waals surface area contributed by atoms with Gasteiger partial charge in [-0.25, -0.2) is 0 Å². The van der Waals surface area contributed by atoms with Crippen LogP contribution in [0.2, 0.25) is 0 Å². The zero-order valence-corrected chi connectivity index (χ0v) is 11.0. The topological polar surface area (TPSA) is 20.3 Å². The van der Waals surface area contributed by atoms with Gasteiger partial charge >= 0.3 is 0 Å². The Bertz CT molecular complexity index is 240. The van der Waals surface area contributed by atoms with E-state index in [1.54, 1.807) is 0 Å². The van der Waals surface area contributed by atoms with E-state index in [9.17, 15) is 4.79 Å². The smallest absolute Gasteiger partial charge is 0.222 e. The van der Waals surface area contributed by atoms with Crippen molar-refractivity contribution in [2.24, 2.45) is 11.8 Å². The Balaban J connectivity index is 1.79. The van der Waals surface area contributed by atoms with Gasteiger partial charge in [0.25, 0.3) is 0 Å². The van der Waals surface area contributed by atoms with Crippen molar-refractivity contribution in [2.75, 3.05) is 13.1 Å². The fraction of sp³-hybridized carbons (Fsp3) is 0.917. The number of hydrogen-bond acceptors (Lipinski definition) is 1. The van der Waals surface area contributed by atoms with E-state index >= 15 is 0 Å². The lowest BCUT2D eigenvalue weighted by molar-refractivity contribution is -0.134. The molecule has 2 rings (SSSR count). The molecule has 0 aromatic heterocycles. The molecule has 0 aromatic rings. The van der Waals surface area contributed by atoms with Gasteiger partial charge in [0, 0.05) is 24.3 Å². The maximum Gasteiger partial charge on any atom is 0.222 e. The van der Waals surface area contributed by atoms with Crippen molar-refractivity contribution in [3.8, 4) is 0 Å². The highest BCUT2D eigenvalue weighted by molar-refractivity contribution is 9.09. The first-order chi connectivity index (χ1) is 7.16. The van der Waals surface area contributed by atoms with E-state index in [1.165, 1.54) is 19.3 Å². The van der Waals surface area contributed by atoms with Crippen LogP contribution in [0, 0.1) is 11.8 Å². The van der Waals surface area contributed by atoms with Crippen LogP contribution in [0.5, 0.6) is 0 Å². The van der Waals surface area contributed by atoms with Gasteiger partial charge in [0.1, 0.15) is 0 Å². The zero-order valence-electron chi connectivity index (χ0n) is 9.42. The minimum absolute atomic E-state index is 0.385. The van der Waals surface area contributed by atoms with Crippen molar-refractivity contribution in [1.29, 1.82) is 0 Å². The van der Waals surface area contributed by atoms with Gasteiger partial charge in [0.2, 0.25) is 5.91 Å². The molecule has 86 valence electrons. The minimum Gasteiger partial charge on any atom is -0.342 e. The Morgan fingerprint density at radius 3 is 2.67 bits per heavy atom. The van der Waals surface area contributed by atoms with Crippen LogP contribution < -0.4 is 0 Å². The number of hydrogen-bond donors (Lipinski definition) is 0. The largest absolute Gasteiger partial charge is 0.342 e. The predicted molar refractivity (Wildman–Crippen MR) is 65.0 cm³/mol. The van der Waals surface area contributed by atoms with Crippen molar-refractivity contribution in [1.82, 2.24) is 4.90 Å². The summed E-state index contributed by atoms with van der Waals surface area (Å²) in [5.74, 6) is 1.79. The van der Waals surface area contributed by atoms with Crippen LogP contribution in [-0.4, -0.2) is 28.7 Å². The van der Waals surface area contributed by atoms with Crippen LogP contribution in [0.1, 0.15) is 39.0 Å². The number of likely N-dealkylation sites (tertiary alicyclic amines) is 1. The molecule has 0 N–H and O–H groups in total. The van der Waals surface area contributed by atoms with Gasteiger partial charge in [-0.1, -0.05) is 29.3 Å². The number of amides is 1.